The molecule has 2 heterocycles. The lowest BCUT2D eigenvalue weighted by molar-refractivity contribution is -0.142. The maximum atomic E-state index is 13.5. The molecule has 2 aromatic heterocycles. The molecule has 1 aromatic carbocycles. The summed E-state index contributed by atoms with van der Waals surface area (Å²) in [4.78, 5) is 30.7. The molecule has 0 saturated heterocycles. The number of alkyl halides is 3. The molecule has 0 spiro atoms. The van der Waals surface area contributed by atoms with Gasteiger partial charge >= 0.3 is 6.18 Å². The fourth-order valence-corrected chi connectivity index (χ4v) is 3.24. The first-order chi connectivity index (χ1) is 15.6. The van der Waals surface area contributed by atoms with Crippen LogP contribution >= 0.6 is 11.6 Å². The lowest BCUT2D eigenvalue weighted by Crippen LogP contribution is -2.27. The Labute approximate surface area is 189 Å². The molecule has 0 bridgehead atoms. The quantitative estimate of drug-likeness (QED) is 0.599. The van der Waals surface area contributed by atoms with Crippen LogP contribution < -0.4 is 15.9 Å². The van der Waals surface area contributed by atoms with Crippen molar-refractivity contribution in [1.82, 2.24) is 14.5 Å². The van der Waals surface area contributed by atoms with Crippen molar-refractivity contribution < 1.29 is 17.9 Å². The van der Waals surface area contributed by atoms with Crippen molar-refractivity contribution in [1.29, 1.82) is 10.5 Å². The highest BCUT2D eigenvalue weighted by Gasteiger charge is 2.38. The first kappa shape index (κ1) is 23.6. The summed E-state index contributed by atoms with van der Waals surface area (Å²) in [7, 11) is 0. The highest BCUT2D eigenvalue weighted by atomic mass is 35.5. The number of H-pyrrole nitrogens is 1. The number of nitriles is 2. The molecule has 0 amide bonds. The number of ether oxygens (including phenoxy) is 1. The molecule has 1 N–H and O–H groups in total. The van der Waals surface area contributed by atoms with Crippen LogP contribution in [0.25, 0.3) is 0 Å². The molecule has 0 unspecified atom stereocenters. The molecule has 0 saturated carbocycles. The molecule has 0 atom stereocenters. The predicted octanol–water partition coefficient (Wildman–Crippen LogP) is 3.75. The molecule has 0 aliphatic heterocycles. The smallest absolute Gasteiger partial charge is 0.437 e. The van der Waals surface area contributed by atoms with Crippen LogP contribution in [0.15, 0.2) is 40.2 Å². The van der Waals surface area contributed by atoms with Gasteiger partial charge in [0.1, 0.15) is 17.4 Å². The minimum Gasteiger partial charge on any atom is -0.449 e. The van der Waals surface area contributed by atoms with Gasteiger partial charge in [0.15, 0.2) is 5.69 Å². The molecule has 8 nitrogen and oxygen atoms in total. The van der Waals surface area contributed by atoms with Gasteiger partial charge in [0.2, 0.25) is 5.75 Å². The summed E-state index contributed by atoms with van der Waals surface area (Å²) >= 11 is 5.87. The lowest BCUT2D eigenvalue weighted by Gasteiger charge is -2.16. The Bertz CT molecular complexity index is 1430. The van der Waals surface area contributed by atoms with Crippen molar-refractivity contribution >= 4 is 11.6 Å². The van der Waals surface area contributed by atoms with Crippen LogP contribution in [0.3, 0.4) is 0 Å². The molecule has 12 heteroatoms. The van der Waals surface area contributed by atoms with Gasteiger partial charge in [-0.05, 0) is 36.2 Å². The third-order valence-electron chi connectivity index (χ3n) is 4.52. The lowest BCUT2D eigenvalue weighted by atomic mass is 10.1. The van der Waals surface area contributed by atoms with Crippen molar-refractivity contribution in [3.05, 3.63) is 84.4 Å². The highest BCUT2D eigenvalue weighted by molar-refractivity contribution is 6.30. The monoisotopic (exact) mass is 475 g/mol. The van der Waals surface area contributed by atoms with Gasteiger partial charge in [-0.1, -0.05) is 18.5 Å². The Morgan fingerprint density at radius 2 is 1.91 bits per heavy atom. The maximum absolute atomic E-state index is 13.5. The average Bonchev–Trinajstić information content (AvgIpc) is 2.75. The molecule has 0 aliphatic rings. The van der Waals surface area contributed by atoms with Crippen molar-refractivity contribution in [2.24, 2.45) is 0 Å². The summed E-state index contributed by atoms with van der Waals surface area (Å²) < 4.78 is 46.7. The van der Waals surface area contributed by atoms with E-state index in [4.69, 9.17) is 26.9 Å². The zero-order valence-corrected chi connectivity index (χ0v) is 17.6. The van der Waals surface area contributed by atoms with Gasteiger partial charge in [0, 0.05) is 10.7 Å². The number of nitrogens with zero attached hydrogens (tertiary/aromatic N) is 4. The van der Waals surface area contributed by atoms with E-state index in [1.807, 2.05) is 0 Å². The summed E-state index contributed by atoms with van der Waals surface area (Å²) in [6.45, 7) is 1.43. The highest BCUT2D eigenvalue weighted by Crippen LogP contribution is 2.35. The van der Waals surface area contributed by atoms with Gasteiger partial charge in [-0.2, -0.15) is 23.7 Å². The van der Waals surface area contributed by atoms with Crippen LogP contribution in [0.5, 0.6) is 11.5 Å². The zero-order valence-electron chi connectivity index (χ0n) is 16.8. The van der Waals surface area contributed by atoms with Crippen LogP contribution in [0.2, 0.25) is 5.02 Å². The number of aromatic nitrogens is 3. The van der Waals surface area contributed by atoms with Gasteiger partial charge in [0.25, 0.3) is 11.1 Å². The topological polar surface area (TPSA) is 125 Å². The first-order valence-electron chi connectivity index (χ1n) is 9.27. The van der Waals surface area contributed by atoms with Crippen molar-refractivity contribution in [2.75, 3.05) is 0 Å². The van der Waals surface area contributed by atoms with E-state index in [9.17, 15) is 22.8 Å². The van der Waals surface area contributed by atoms with Gasteiger partial charge < -0.3 is 9.72 Å². The summed E-state index contributed by atoms with van der Waals surface area (Å²) in [5, 5.41) is 18.2. The SMILES string of the molecule is CCc1[nH]c(=O)c(C#N)cc1Cn1cnc(C(F)(F)F)c(Oc2cc(Cl)cc(C#N)c2)c1=O. The number of hydrogen-bond donors (Lipinski definition) is 1. The van der Waals surface area contributed by atoms with Crippen molar-refractivity contribution in [2.45, 2.75) is 26.1 Å². The van der Waals surface area contributed by atoms with Gasteiger partial charge in [-0.25, -0.2) is 4.98 Å². The van der Waals surface area contributed by atoms with E-state index >= 15 is 0 Å². The molecule has 3 rings (SSSR count). The molecular weight excluding hydrogens is 463 g/mol. The molecule has 168 valence electrons. The number of benzene rings is 1. The normalized spacial score (nSPS) is 11.0. The number of rotatable bonds is 5. The van der Waals surface area contributed by atoms with E-state index in [0.29, 0.717) is 24.0 Å². The third-order valence-corrected chi connectivity index (χ3v) is 4.73. The standard InChI is InChI=1S/C21H13ClF3N5O3/c1-2-16-13(5-12(8-27)19(31)29-16)9-30-10-28-18(21(23,24)25)17(20(30)32)33-15-4-11(7-26)3-14(22)6-15/h3-6,10H,2,9H2,1H3,(H,29,31). The van der Waals surface area contributed by atoms with Crippen LogP contribution in [-0.4, -0.2) is 14.5 Å². The molecule has 0 fully saturated rings. The van der Waals surface area contributed by atoms with Gasteiger partial charge in [0.05, 0.1) is 24.5 Å². The van der Waals surface area contributed by atoms with Gasteiger partial charge in [-0.3, -0.25) is 14.2 Å². The van der Waals surface area contributed by atoms with Crippen LogP contribution in [0.1, 0.15) is 35.0 Å². The summed E-state index contributed by atoms with van der Waals surface area (Å²) in [5.74, 6) is -1.37. The minimum absolute atomic E-state index is 0.0140. The zero-order chi connectivity index (χ0) is 24.3. The van der Waals surface area contributed by atoms with Gasteiger partial charge in [-0.15, -0.1) is 0 Å². The molecule has 0 aliphatic carbocycles. The number of halogens is 4. The third kappa shape index (κ3) is 5.05. The van der Waals surface area contributed by atoms with Crippen LogP contribution in [-0.2, 0) is 19.1 Å². The number of aromatic amines is 1. The van der Waals surface area contributed by atoms with Crippen LogP contribution in [0, 0.1) is 22.7 Å². The van der Waals surface area contributed by atoms with E-state index in [0.717, 1.165) is 16.7 Å². The van der Waals surface area contributed by atoms with Crippen molar-refractivity contribution in [3.8, 4) is 23.6 Å². The van der Waals surface area contributed by atoms with E-state index in [-0.39, 0.29) is 28.4 Å². The Hall–Kier alpha value is -4.09. The fraction of sp³-hybridized carbons (Fsp3) is 0.190. The second kappa shape index (κ2) is 9.18. The summed E-state index contributed by atoms with van der Waals surface area (Å²) in [5.41, 5.74) is -2.79. The Morgan fingerprint density at radius 3 is 2.52 bits per heavy atom. The molecule has 0 radical (unpaired) electrons. The Kier molecular flexibility index (Phi) is 6.56. The Morgan fingerprint density at radius 1 is 1.18 bits per heavy atom. The van der Waals surface area contributed by atoms with E-state index in [1.165, 1.54) is 12.1 Å². The van der Waals surface area contributed by atoms with E-state index in [2.05, 4.69) is 9.97 Å². The molecule has 33 heavy (non-hydrogen) atoms. The Balaban J connectivity index is 2.15. The van der Waals surface area contributed by atoms with E-state index in [1.54, 1.807) is 19.1 Å². The molecular formula is C21H13ClF3N5O3. The largest absolute Gasteiger partial charge is 0.449 e. The first-order valence-corrected chi connectivity index (χ1v) is 9.65. The average molecular weight is 476 g/mol. The second-order valence-electron chi connectivity index (χ2n) is 6.72. The van der Waals surface area contributed by atoms with E-state index < -0.39 is 28.7 Å². The van der Waals surface area contributed by atoms with Crippen molar-refractivity contribution in [3.63, 3.8) is 0 Å². The molecule has 3 aromatic rings. The summed E-state index contributed by atoms with van der Waals surface area (Å²) in [6, 6.07) is 8.31. The minimum atomic E-state index is -5.01. The maximum Gasteiger partial charge on any atom is 0.437 e. The number of nitrogens with one attached hydrogen (secondary N) is 1. The number of pyridine rings is 1. The summed E-state index contributed by atoms with van der Waals surface area (Å²) in [6.07, 6.45) is -3.97. The second-order valence-corrected chi connectivity index (χ2v) is 7.16. The fourth-order valence-electron chi connectivity index (χ4n) is 3.02. The predicted molar refractivity (Wildman–Crippen MR) is 110 cm³/mol. The number of hydrogen-bond acceptors (Lipinski definition) is 6. The number of aryl methyl sites for hydroxylation is 1. The van der Waals surface area contributed by atoms with Crippen LogP contribution in [0.4, 0.5) is 13.2 Å².